The number of hydrogen-bond donors (Lipinski definition) is 2. The lowest BCUT2D eigenvalue weighted by Crippen LogP contribution is -2.41. The molecule has 0 bridgehead atoms. The number of anilines is 2. The van der Waals surface area contributed by atoms with Crippen LogP contribution in [0.2, 0.25) is 0 Å². The standard InChI is InChI=1S/C12H18N4O/c1-9-3-2-6-16(8-9)12(17)15-10-4-5-11(13)14-7-10/h4-5,7,9H,2-3,6,8H2,1H3,(H2,13,14)(H,15,17). The third kappa shape index (κ3) is 3.09. The van der Waals surface area contributed by atoms with Gasteiger partial charge in [-0.2, -0.15) is 0 Å². The summed E-state index contributed by atoms with van der Waals surface area (Å²) in [6.07, 6.45) is 3.85. The van der Waals surface area contributed by atoms with Crippen molar-refractivity contribution < 1.29 is 4.79 Å². The van der Waals surface area contributed by atoms with E-state index in [0.29, 0.717) is 17.4 Å². The number of likely N-dealkylation sites (tertiary alicyclic amines) is 1. The predicted molar refractivity (Wildman–Crippen MR) is 67.6 cm³/mol. The van der Waals surface area contributed by atoms with Crippen LogP contribution in [0.3, 0.4) is 0 Å². The zero-order chi connectivity index (χ0) is 12.3. The fourth-order valence-electron chi connectivity index (χ4n) is 2.06. The minimum atomic E-state index is -0.0527. The summed E-state index contributed by atoms with van der Waals surface area (Å²) in [6, 6.07) is 3.38. The molecule has 0 saturated carbocycles. The molecule has 2 rings (SSSR count). The smallest absolute Gasteiger partial charge is 0.321 e. The SMILES string of the molecule is CC1CCCN(C(=O)Nc2ccc(N)nc2)C1. The number of nitrogens with zero attached hydrogens (tertiary/aromatic N) is 2. The van der Waals surface area contributed by atoms with Crippen LogP contribution < -0.4 is 11.1 Å². The van der Waals surface area contributed by atoms with Gasteiger partial charge in [-0.25, -0.2) is 9.78 Å². The minimum Gasteiger partial charge on any atom is -0.384 e. The van der Waals surface area contributed by atoms with Crippen LogP contribution in [0.15, 0.2) is 18.3 Å². The Morgan fingerprint density at radius 2 is 2.41 bits per heavy atom. The molecule has 1 unspecified atom stereocenters. The van der Waals surface area contributed by atoms with Gasteiger partial charge in [-0.15, -0.1) is 0 Å². The average molecular weight is 234 g/mol. The van der Waals surface area contributed by atoms with Gasteiger partial charge in [0, 0.05) is 13.1 Å². The molecule has 0 spiro atoms. The summed E-state index contributed by atoms with van der Waals surface area (Å²) >= 11 is 0. The molecule has 1 atom stereocenters. The summed E-state index contributed by atoms with van der Waals surface area (Å²) in [5.41, 5.74) is 6.17. The number of rotatable bonds is 1. The van der Waals surface area contributed by atoms with Crippen LogP contribution in [0, 0.1) is 5.92 Å². The first-order valence-corrected chi connectivity index (χ1v) is 5.92. The molecule has 3 N–H and O–H groups in total. The molecule has 2 amide bonds. The first kappa shape index (κ1) is 11.7. The monoisotopic (exact) mass is 234 g/mol. The number of piperidine rings is 1. The molecule has 1 saturated heterocycles. The summed E-state index contributed by atoms with van der Waals surface area (Å²) in [7, 11) is 0. The zero-order valence-corrected chi connectivity index (χ0v) is 10.0. The third-order valence-electron chi connectivity index (χ3n) is 2.98. The van der Waals surface area contributed by atoms with E-state index >= 15 is 0 Å². The Hall–Kier alpha value is -1.78. The number of carbonyl (C=O) groups excluding carboxylic acids is 1. The number of nitrogens with one attached hydrogen (secondary N) is 1. The summed E-state index contributed by atoms with van der Waals surface area (Å²) < 4.78 is 0. The second-order valence-electron chi connectivity index (χ2n) is 4.60. The van der Waals surface area contributed by atoms with Gasteiger partial charge in [0.05, 0.1) is 11.9 Å². The van der Waals surface area contributed by atoms with Crippen molar-refractivity contribution >= 4 is 17.5 Å². The molecular weight excluding hydrogens is 216 g/mol. The van der Waals surface area contributed by atoms with Crippen molar-refractivity contribution in [2.45, 2.75) is 19.8 Å². The maximum Gasteiger partial charge on any atom is 0.321 e. The number of carbonyl (C=O) groups is 1. The van der Waals surface area contributed by atoms with Gasteiger partial charge >= 0.3 is 6.03 Å². The second kappa shape index (κ2) is 5.03. The number of urea groups is 1. The molecule has 5 nitrogen and oxygen atoms in total. The van der Waals surface area contributed by atoms with Crippen molar-refractivity contribution in [1.82, 2.24) is 9.88 Å². The van der Waals surface area contributed by atoms with Crippen molar-refractivity contribution in [3.8, 4) is 0 Å². The van der Waals surface area contributed by atoms with Crippen LogP contribution in [-0.2, 0) is 0 Å². The van der Waals surface area contributed by atoms with E-state index in [1.54, 1.807) is 18.3 Å². The highest BCUT2D eigenvalue weighted by Gasteiger charge is 2.20. The van der Waals surface area contributed by atoms with Crippen LogP contribution in [0.1, 0.15) is 19.8 Å². The van der Waals surface area contributed by atoms with E-state index in [4.69, 9.17) is 5.73 Å². The van der Waals surface area contributed by atoms with Gasteiger partial charge in [0.15, 0.2) is 0 Å². The molecule has 0 aromatic carbocycles. The van der Waals surface area contributed by atoms with E-state index in [1.807, 2.05) is 4.90 Å². The van der Waals surface area contributed by atoms with Crippen LogP contribution in [0.5, 0.6) is 0 Å². The Morgan fingerprint density at radius 3 is 3.06 bits per heavy atom. The number of pyridine rings is 1. The van der Waals surface area contributed by atoms with Crippen molar-refractivity contribution in [2.75, 3.05) is 24.1 Å². The quantitative estimate of drug-likeness (QED) is 0.780. The van der Waals surface area contributed by atoms with E-state index in [1.165, 1.54) is 6.42 Å². The minimum absolute atomic E-state index is 0.0527. The summed E-state index contributed by atoms with van der Waals surface area (Å²) in [5.74, 6) is 1.04. The molecule has 0 radical (unpaired) electrons. The maximum atomic E-state index is 12.0. The Balaban J connectivity index is 1.94. The molecule has 1 fully saturated rings. The van der Waals surface area contributed by atoms with Crippen molar-refractivity contribution in [2.24, 2.45) is 5.92 Å². The van der Waals surface area contributed by atoms with Gasteiger partial charge in [-0.05, 0) is 30.9 Å². The van der Waals surface area contributed by atoms with Crippen molar-refractivity contribution in [1.29, 1.82) is 0 Å². The zero-order valence-electron chi connectivity index (χ0n) is 10.0. The lowest BCUT2D eigenvalue weighted by atomic mass is 10.0. The summed E-state index contributed by atoms with van der Waals surface area (Å²) in [4.78, 5) is 17.7. The molecular formula is C12H18N4O. The number of nitrogens with two attached hydrogens (primary N) is 1. The largest absolute Gasteiger partial charge is 0.384 e. The Kier molecular flexibility index (Phi) is 3.46. The summed E-state index contributed by atoms with van der Waals surface area (Å²) in [6.45, 7) is 3.83. The molecule has 0 aliphatic carbocycles. The predicted octanol–water partition coefficient (Wildman–Crippen LogP) is 1.93. The lowest BCUT2D eigenvalue weighted by Gasteiger charge is -2.30. The van der Waals surface area contributed by atoms with Crippen LogP contribution >= 0.6 is 0 Å². The van der Waals surface area contributed by atoms with E-state index in [0.717, 1.165) is 19.5 Å². The van der Waals surface area contributed by atoms with Crippen LogP contribution in [0.4, 0.5) is 16.3 Å². The molecule has 92 valence electrons. The van der Waals surface area contributed by atoms with E-state index in [-0.39, 0.29) is 6.03 Å². The van der Waals surface area contributed by atoms with Crippen molar-refractivity contribution in [3.05, 3.63) is 18.3 Å². The van der Waals surface area contributed by atoms with Crippen LogP contribution in [-0.4, -0.2) is 29.0 Å². The lowest BCUT2D eigenvalue weighted by molar-refractivity contribution is 0.182. The Morgan fingerprint density at radius 1 is 1.59 bits per heavy atom. The third-order valence-corrected chi connectivity index (χ3v) is 2.98. The van der Waals surface area contributed by atoms with Gasteiger partial charge < -0.3 is 16.0 Å². The highest BCUT2D eigenvalue weighted by Crippen LogP contribution is 2.16. The first-order valence-electron chi connectivity index (χ1n) is 5.92. The fraction of sp³-hybridized carbons (Fsp3) is 0.500. The molecule has 2 heterocycles. The van der Waals surface area contributed by atoms with Gasteiger partial charge in [0.1, 0.15) is 5.82 Å². The molecule has 1 aliphatic heterocycles. The van der Waals surface area contributed by atoms with E-state index in [2.05, 4.69) is 17.2 Å². The molecule has 1 aliphatic rings. The van der Waals surface area contributed by atoms with Gasteiger partial charge in [0.25, 0.3) is 0 Å². The number of hydrogen-bond acceptors (Lipinski definition) is 3. The maximum absolute atomic E-state index is 12.0. The topological polar surface area (TPSA) is 71.2 Å². The summed E-state index contributed by atoms with van der Waals surface area (Å²) in [5, 5.41) is 2.83. The van der Waals surface area contributed by atoms with E-state index in [9.17, 15) is 4.79 Å². The normalized spacial score (nSPS) is 20.1. The van der Waals surface area contributed by atoms with Gasteiger partial charge in [0.2, 0.25) is 0 Å². The number of amides is 2. The van der Waals surface area contributed by atoms with Gasteiger partial charge in [-0.1, -0.05) is 6.92 Å². The molecule has 1 aromatic rings. The highest BCUT2D eigenvalue weighted by atomic mass is 16.2. The molecule has 5 heteroatoms. The average Bonchev–Trinajstić information content (AvgIpc) is 2.32. The Bertz CT molecular complexity index is 390. The van der Waals surface area contributed by atoms with Gasteiger partial charge in [-0.3, -0.25) is 0 Å². The number of nitrogen functional groups attached to an aromatic ring is 1. The molecule has 17 heavy (non-hydrogen) atoms. The van der Waals surface area contributed by atoms with E-state index < -0.39 is 0 Å². The van der Waals surface area contributed by atoms with Crippen LogP contribution in [0.25, 0.3) is 0 Å². The first-order chi connectivity index (χ1) is 8.15. The number of aromatic nitrogens is 1. The Labute approximate surface area is 101 Å². The molecule has 1 aromatic heterocycles. The van der Waals surface area contributed by atoms with Crippen molar-refractivity contribution in [3.63, 3.8) is 0 Å². The highest BCUT2D eigenvalue weighted by molar-refractivity contribution is 5.89. The second-order valence-corrected chi connectivity index (χ2v) is 4.60. The fourth-order valence-corrected chi connectivity index (χ4v) is 2.06.